The number of allylic oxidation sites excluding steroid dienone is 4. The van der Waals surface area contributed by atoms with E-state index in [0.29, 0.717) is 5.03 Å². The van der Waals surface area contributed by atoms with Gasteiger partial charge >= 0.3 is 0 Å². The normalized spacial score (nSPS) is 14.5. The lowest BCUT2D eigenvalue weighted by atomic mass is 10.0. The number of benzene rings is 3. The van der Waals surface area contributed by atoms with Crippen LogP contribution in [0.25, 0.3) is 0 Å². The van der Waals surface area contributed by atoms with Gasteiger partial charge in [-0.15, -0.1) is 11.6 Å². The van der Waals surface area contributed by atoms with E-state index < -0.39 is 28.0 Å². The Kier molecular flexibility index (Phi) is 11.3. The lowest BCUT2D eigenvalue weighted by molar-refractivity contribution is -0.385. The van der Waals surface area contributed by atoms with Crippen LogP contribution >= 0.6 is 101 Å². The number of nitrogens with one attached hydrogen (secondary N) is 3. The first-order valence-electron chi connectivity index (χ1n) is 11.9. The molecule has 228 valence electrons. The molecule has 0 spiro atoms. The van der Waals surface area contributed by atoms with Gasteiger partial charge in [-0.2, -0.15) is 0 Å². The van der Waals surface area contributed by atoms with E-state index >= 15 is 0 Å². The van der Waals surface area contributed by atoms with E-state index in [1.165, 1.54) is 48.5 Å². The second-order valence-corrected chi connectivity index (χ2v) is 13.3. The van der Waals surface area contributed by atoms with Gasteiger partial charge in [0.15, 0.2) is 0 Å². The summed E-state index contributed by atoms with van der Waals surface area (Å²) >= 11 is 43.2. The fourth-order valence-electron chi connectivity index (χ4n) is 3.80. The minimum atomic E-state index is -0.748. The molecular weight excluding hydrogens is 833 g/mol. The molecule has 1 aliphatic carbocycles. The molecule has 0 saturated heterocycles. The van der Waals surface area contributed by atoms with Gasteiger partial charge in [-0.25, -0.2) is 0 Å². The summed E-state index contributed by atoms with van der Waals surface area (Å²) in [7, 11) is 0. The van der Waals surface area contributed by atoms with Crippen LogP contribution < -0.4 is 16.0 Å². The van der Waals surface area contributed by atoms with Crippen LogP contribution in [0.3, 0.4) is 0 Å². The third-order valence-electron chi connectivity index (χ3n) is 5.95. The third-order valence-corrected chi connectivity index (χ3v) is 9.45. The van der Waals surface area contributed by atoms with Gasteiger partial charge in [0.25, 0.3) is 23.4 Å². The number of nitro groups is 1. The number of anilines is 2. The first-order chi connectivity index (χ1) is 20.6. The number of alkyl halides is 1. The highest BCUT2D eigenvalue weighted by molar-refractivity contribution is 9.11. The van der Waals surface area contributed by atoms with Crippen LogP contribution in [0.2, 0.25) is 15.1 Å². The van der Waals surface area contributed by atoms with Gasteiger partial charge < -0.3 is 16.0 Å². The molecule has 0 heterocycles. The zero-order chi connectivity index (χ0) is 32.5. The van der Waals surface area contributed by atoms with Crippen LogP contribution in [-0.4, -0.2) is 28.0 Å². The van der Waals surface area contributed by atoms with Gasteiger partial charge in [0, 0.05) is 54.9 Å². The fraction of sp³-hybridized carbons (Fsp3) is 0.0741. The molecule has 1 unspecified atom stereocenters. The van der Waals surface area contributed by atoms with E-state index in [2.05, 4.69) is 47.8 Å². The van der Waals surface area contributed by atoms with Crippen LogP contribution in [0, 0.1) is 10.1 Å². The average Bonchev–Trinajstić information content (AvgIpc) is 2.95. The number of carbonyl (C=O) groups is 3. The second kappa shape index (κ2) is 14.4. The number of nitro benzene ring substituents is 1. The maximum atomic E-state index is 13.4. The van der Waals surface area contributed by atoms with Crippen molar-refractivity contribution in [1.29, 1.82) is 0 Å². The molecule has 4 rings (SSSR count). The quantitative estimate of drug-likeness (QED) is 0.0944. The zero-order valence-corrected chi connectivity index (χ0v) is 29.1. The first-order valence-corrected chi connectivity index (χ1v) is 15.8. The zero-order valence-electron chi connectivity index (χ0n) is 21.4. The number of hydrogen-bond acceptors (Lipinski definition) is 5. The third kappa shape index (κ3) is 8.07. The molecule has 1 aliphatic rings. The van der Waals surface area contributed by atoms with Gasteiger partial charge in [-0.05, 0) is 68.3 Å². The predicted octanol–water partition coefficient (Wildman–Crippen LogP) is 9.90. The van der Waals surface area contributed by atoms with E-state index in [-0.39, 0.29) is 74.9 Å². The maximum Gasteiger partial charge on any atom is 0.271 e. The van der Waals surface area contributed by atoms with Gasteiger partial charge in [0.2, 0.25) is 0 Å². The molecular formula is C27H14Br2Cl6N4O5. The van der Waals surface area contributed by atoms with E-state index in [1.54, 1.807) is 0 Å². The molecule has 0 saturated carbocycles. The predicted molar refractivity (Wildman–Crippen MR) is 181 cm³/mol. The highest BCUT2D eigenvalue weighted by Crippen LogP contribution is 2.36. The Balaban J connectivity index is 1.73. The molecule has 3 N–H and O–H groups in total. The highest BCUT2D eigenvalue weighted by atomic mass is 79.9. The average molecular weight is 847 g/mol. The smallest absolute Gasteiger partial charge is 0.271 e. The number of non-ortho nitro benzene ring substituents is 1. The van der Waals surface area contributed by atoms with Crippen molar-refractivity contribution >= 4 is 136 Å². The van der Waals surface area contributed by atoms with Crippen LogP contribution in [0.1, 0.15) is 37.5 Å². The monoisotopic (exact) mass is 842 g/mol. The summed E-state index contributed by atoms with van der Waals surface area (Å²) in [5.74, 6) is -2.19. The van der Waals surface area contributed by atoms with Gasteiger partial charge in [-0.3, -0.25) is 24.5 Å². The number of amides is 3. The minimum absolute atomic E-state index is 0.0893. The summed E-state index contributed by atoms with van der Waals surface area (Å²) in [6, 6.07) is 8.84. The largest absolute Gasteiger partial charge is 0.324 e. The summed E-state index contributed by atoms with van der Waals surface area (Å²) in [6.07, 6.45) is 1.52. The van der Waals surface area contributed by atoms with E-state index in [4.69, 9.17) is 69.6 Å². The van der Waals surface area contributed by atoms with Crippen LogP contribution in [-0.2, 0) is 0 Å². The molecule has 3 amide bonds. The highest BCUT2D eigenvalue weighted by Gasteiger charge is 2.24. The van der Waals surface area contributed by atoms with Crippen LogP contribution in [0.15, 0.2) is 73.2 Å². The molecule has 17 heteroatoms. The summed E-state index contributed by atoms with van der Waals surface area (Å²) in [4.78, 5) is 50.7. The number of nitrogens with zero attached hydrogens (tertiary/aromatic N) is 1. The molecule has 0 radical (unpaired) electrons. The van der Waals surface area contributed by atoms with Crippen molar-refractivity contribution < 1.29 is 19.3 Å². The molecule has 0 bridgehead atoms. The Hall–Kier alpha value is -2.35. The number of carbonyl (C=O) groups excluding carboxylic acids is 3. The Morgan fingerprint density at radius 2 is 1.25 bits per heavy atom. The Morgan fingerprint density at radius 1 is 0.750 bits per heavy atom. The summed E-state index contributed by atoms with van der Waals surface area (Å²) in [5.41, 5.74) is 0.0422. The van der Waals surface area contributed by atoms with Crippen molar-refractivity contribution in [2.75, 3.05) is 10.6 Å². The van der Waals surface area contributed by atoms with E-state index in [0.717, 1.165) is 0 Å². The molecule has 9 nitrogen and oxygen atoms in total. The van der Waals surface area contributed by atoms with Crippen molar-refractivity contribution in [3.05, 3.63) is 115 Å². The standard InChI is InChI=1S/C27H14Br2Cl6N4O5/c28-14-4-13(39(43)44)5-15(29)24(14)38-27(42)12-2-10(25(40)36-22-8-18(32)16(30)6-20(22)34)1-11(3-12)26(41)37-23-9-19(33)17(31)7-21(23)35/h1-8,19H,9H2,(H,36,40)(H,37,41)(H,38,42). The van der Waals surface area contributed by atoms with E-state index in [9.17, 15) is 24.5 Å². The lowest BCUT2D eigenvalue weighted by Gasteiger charge is -2.19. The van der Waals surface area contributed by atoms with Crippen LogP contribution in [0.4, 0.5) is 17.1 Å². The summed E-state index contributed by atoms with van der Waals surface area (Å²) in [5, 5.41) is 19.3. The van der Waals surface area contributed by atoms with Gasteiger partial charge in [0.05, 0.1) is 41.8 Å². The summed E-state index contributed by atoms with van der Waals surface area (Å²) in [6.45, 7) is 0. The Bertz CT molecular complexity index is 1790. The van der Waals surface area contributed by atoms with Crippen molar-refractivity contribution in [2.24, 2.45) is 0 Å². The van der Waals surface area contributed by atoms with Gasteiger partial charge in [-0.1, -0.05) is 58.0 Å². The van der Waals surface area contributed by atoms with Crippen molar-refractivity contribution in [1.82, 2.24) is 5.32 Å². The molecule has 1 atom stereocenters. The molecule has 0 aliphatic heterocycles. The summed E-state index contributed by atoms with van der Waals surface area (Å²) < 4.78 is 0.406. The second-order valence-electron chi connectivity index (χ2n) is 8.98. The van der Waals surface area contributed by atoms with E-state index in [1.807, 2.05) is 0 Å². The molecule has 0 fully saturated rings. The lowest BCUT2D eigenvalue weighted by Crippen LogP contribution is -2.27. The molecule has 44 heavy (non-hydrogen) atoms. The molecule has 0 aromatic heterocycles. The van der Waals surface area contributed by atoms with Crippen molar-refractivity contribution in [3.8, 4) is 0 Å². The SMILES string of the molecule is O=C(NC1=C(Cl)C=C(Cl)C(Cl)C1)c1cc(C(=O)Nc2cc(Cl)c(Cl)cc2Cl)cc(C(=O)Nc2c(Br)cc([N+](=O)[O-])cc2Br)c1. The topological polar surface area (TPSA) is 130 Å². The molecule has 3 aromatic carbocycles. The van der Waals surface area contributed by atoms with Crippen LogP contribution in [0.5, 0.6) is 0 Å². The van der Waals surface area contributed by atoms with Crippen molar-refractivity contribution in [2.45, 2.75) is 11.8 Å². The Morgan fingerprint density at radius 3 is 1.80 bits per heavy atom. The number of rotatable bonds is 7. The minimum Gasteiger partial charge on any atom is -0.324 e. The molecule has 3 aromatic rings. The van der Waals surface area contributed by atoms with Gasteiger partial charge in [0.1, 0.15) is 0 Å². The number of halogens is 8. The number of hydrogen-bond donors (Lipinski definition) is 3. The Labute approximate surface area is 296 Å². The fourth-order valence-corrected chi connectivity index (χ4v) is 6.45. The van der Waals surface area contributed by atoms with Crippen molar-refractivity contribution in [3.63, 3.8) is 0 Å². The first kappa shape index (κ1) is 34.5. The maximum absolute atomic E-state index is 13.4.